The molecule has 0 aliphatic carbocycles. The van der Waals surface area contributed by atoms with Gasteiger partial charge in [-0.1, -0.05) is 30.3 Å². The van der Waals surface area contributed by atoms with Gasteiger partial charge in [0.1, 0.15) is 11.5 Å². The van der Waals surface area contributed by atoms with E-state index in [0.717, 1.165) is 29.8 Å². The van der Waals surface area contributed by atoms with E-state index in [2.05, 4.69) is 4.74 Å². The highest BCUT2D eigenvalue weighted by Gasteiger charge is 2.43. The zero-order valence-corrected chi connectivity index (χ0v) is 16.5. The molecule has 0 N–H and O–H groups in total. The summed E-state index contributed by atoms with van der Waals surface area (Å²) in [5, 5.41) is 0. The van der Waals surface area contributed by atoms with Crippen LogP contribution in [-0.2, 0) is 20.2 Å². The number of nitrogens with zero attached hydrogens (tertiary/aromatic N) is 1. The van der Waals surface area contributed by atoms with Crippen molar-refractivity contribution < 1.29 is 31.1 Å². The van der Waals surface area contributed by atoms with Gasteiger partial charge >= 0.3 is 6.36 Å². The second kappa shape index (κ2) is 7.79. The number of Topliss-reactive ketones (excluding diaryl/α,β-unsaturated/α-hetero) is 1. The van der Waals surface area contributed by atoms with Crippen LogP contribution in [0.1, 0.15) is 25.3 Å². The van der Waals surface area contributed by atoms with Crippen LogP contribution >= 0.6 is 0 Å². The molecule has 0 unspecified atom stereocenters. The maximum atomic E-state index is 12.9. The fourth-order valence-corrected chi connectivity index (χ4v) is 5.11. The van der Waals surface area contributed by atoms with Crippen LogP contribution in [0.25, 0.3) is 0 Å². The van der Waals surface area contributed by atoms with Crippen LogP contribution in [-0.4, -0.2) is 38.0 Å². The molecule has 9 heteroatoms. The first-order chi connectivity index (χ1) is 13.5. The topological polar surface area (TPSA) is 63.7 Å². The molecule has 0 bridgehead atoms. The molecule has 1 aliphatic rings. The minimum absolute atomic E-state index is 0.0191. The summed E-state index contributed by atoms with van der Waals surface area (Å²) in [6.07, 6.45) is -4.18. The number of halogens is 3. The molecule has 0 aromatic heterocycles. The molecule has 0 atom stereocenters. The molecule has 0 spiro atoms. The van der Waals surface area contributed by atoms with Crippen molar-refractivity contribution in [2.24, 2.45) is 0 Å². The number of ether oxygens (including phenoxy) is 1. The van der Waals surface area contributed by atoms with Gasteiger partial charge in [0.25, 0.3) is 0 Å². The van der Waals surface area contributed by atoms with E-state index in [1.54, 1.807) is 0 Å². The maximum absolute atomic E-state index is 12.9. The molecule has 5 nitrogen and oxygen atoms in total. The molecule has 0 amide bonds. The van der Waals surface area contributed by atoms with E-state index in [-0.39, 0.29) is 23.8 Å². The Hall–Kier alpha value is -2.39. The quantitative estimate of drug-likeness (QED) is 0.726. The smallest absolute Gasteiger partial charge is 0.406 e. The first-order valence-electron chi connectivity index (χ1n) is 8.97. The highest BCUT2D eigenvalue weighted by molar-refractivity contribution is 7.89. The van der Waals surface area contributed by atoms with Gasteiger partial charge in [-0.3, -0.25) is 4.79 Å². The standard InChI is InChI=1S/C20H20F3NO4S/c1-15(25)19(16-5-3-2-4-6-16)11-13-24(14-12-19)29(26,27)18-9-7-17(8-10-18)28-20(21,22)23/h2-10H,11-14H2,1H3. The van der Waals surface area contributed by atoms with E-state index >= 15 is 0 Å². The van der Waals surface area contributed by atoms with Crippen molar-refractivity contribution in [2.75, 3.05) is 13.1 Å². The number of sulfonamides is 1. The van der Waals surface area contributed by atoms with Gasteiger partial charge in [0, 0.05) is 13.1 Å². The SMILES string of the molecule is CC(=O)C1(c2ccccc2)CCN(S(=O)(=O)c2ccc(OC(F)(F)F)cc2)CC1. The molecule has 1 fully saturated rings. The summed E-state index contributed by atoms with van der Waals surface area (Å²) >= 11 is 0. The monoisotopic (exact) mass is 427 g/mol. The lowest BCUT2D eigenvalue weighted by atomic mass is 9.70. The predicted octanol–water partition coefficient (Wildman–Crippen LogP) is 3.90. The number of benzene rings is 2. The van der Waals surface area contributed by atoms with Gasteiger partial charge < -0.3 is 4.74 Å². The molecular formula is C20H20F3NO4S. The molecule has 2 aromatic rings. The Balaban J connectivity index is 1.78. The van der Waals surface area contributed by atoms with E-state index in [1.165, 1.54) is 11.2 Å². The lowest BCUT2D eigenvalue weighted by Crippen LogP contribution is -2.48. The number of hydrogen-bond donors (Lipinski definition) is 0. The third-order valence-electron chi connectivity index (χ3n) is 5.27. The Morgan fingerprint density at radius 2 is 1.55 bits per heavy atom. The molecule has 3 rings (SSSR count). The van der Waals surface area contributed by atoms with Crippen LogP contribution < -0.4 is 4.74 Å². The molecule has 0 saturated carbocycles. The average Bonchev–Trinajstić information content (AvgIpc) is 2.67. The second-order valence-electron chi connectivity index (χ2n) is 6.93. The molecule has 1 aliphatic heterocycles. The number of alkyl halides is 3. The lowest BCUT2D eigenvalue weighted by Gasteiger charge is -2.40. The van der Waals surface area contributed by atoms with Crippen molar-refractivity contribution >= 4 is 15.8 Å². The number of carbonyl (C=O) groups is 1. The second-order valence-corrected chi connectivity index (χ2v) is 8.87. The van der Waals surface area contributed by atoms with Crippen LogP contribution in [0.15, 0.2) is 59.5 Å². The number of carbonyl (C=O) groups excluding carboxylic acids is 1. The van der Waals surface area contributed by atoms with Crippen molar-refractivity contribution in [1.29, 1.82) is 0 Å². The Morgan fingerprint density at radius 1 is 1.00 bits per heavy atom. The summed E-state index contributed by atoms with van der Waals surface area (Å²) in [6, 6.07) is 13.4. The largest absolute Gasteiger partial charge is 0.573 e. The van der Waals surface area contributed by atoms with E-state index in [9.17, 15) is 26.4 Å². The molecule has 156 valence electrons. The fourth-order valence-electron chi connectivity index (χ4n) is 3.67. The Labute approximate surface area is 167 Å². The Morgan fingerprint density at radius 3 is 2.03 bits per heavy atom. The molecule has 2 aromatic carbocycles. The summed E-state index contributed by atoms with van der Waals surface area (Å²) in [5.41, 5.74) is 0.121. The summed E-state index contributed by atoms with van der Waals surface area (Å²) in [4.78, 5) is 12.3. The van der Waals surface area contributed by atoms with Gasteiger partial charge in [-0.25, -0.2) is 8.42 Å². The Bertz CT molecular complexity index is 965. The number of hydrogen-bond acceptors (Lipinski definition) is 4. The van der Waals surface area contributed by atoms with E-state index < -0.39 is 27.6 Å². The first kappa shape index (κ1) is 21.3. The van der Waals surface area contributed by atoms with Gasteiger partial charge in [-0.15, -0.1) is 13.2 Å². The van der Waals surface area contributed by atoms with Crippen LogP contribution in [0.2, 0.25) is 0 Å². The normalized spacial score (nSPS) is 17.7. The highest BCUT2D eigenvalue weighted by atomic mass is 32.2. The summed E-state index contributed by atoms with van der Waals surface area (Å²) < 4.78 is 67.6. The summed E-state index contributed by atoms with van der Waals surface area (Å²) in [5.74, 6) is -0.510. The Kier molecular flexibility index (Phi) is 5.73. The minimum Gasteiger partial charge on any atom is -0.406 e. The highest BCUT2D eigenvalue weighted by Crippen LogP contribution is 2.38. The number of piperidine rings is 1. The van der Waals surface area contributed by atoms with Crippen molar-refractivity contribution in [1.82, 2.24) is 4.31 Å². The van der Waals surface area contributed by atoms with Crippen molar-refractivity contribution in [3.63, 3.8) is 0 Å². The average molecular weight is 427 g/mol. The summed E-state index contributed by atoms with van der Waals surface area (Å²) in [6.45, 7) is 1.78. The van der Waals surface area contributed by atoms with E-state index in [0.29, 0.717) is 12.8 Å². The van der Waals surface area contributed by atoms with Crippen LogP contribution in [0.4, 0.5) is 13.2 Å². The molecular weight excluding hydrogens is 407 g/mol. The molecule has 29 heavy (non-hydrogen) atoms. The van der Waals surface area contributed by atoms with Gasteiger partial charge in [0.05, 0.1) is 10.3 Å². The lowest BCUT2D eigenvalue weighted by molar-refractivity contribution is -0.274. The number of ketones is 1. The van der Waals surface area contributed by atoms with E-state index in [1.807, 2.05) is 30.3 Å². The van der Waals surface area contributed by atoms with Gasteiger partial charge in [0.15, 0.2) is 0 Å². The van der Waals surface area contributed by atoms with Crippen molar-refractivity contribution in [3.05, 3.63) is 60.2 Å². The zero-order valence-electron chi connectivity index (χ0n) is 15.6. The predicted molar refractivity (Wildman–Crippen MR) is 99.9 cm³/mol. The minimum atomic E-state index is -4.85. The van der Waals surface area contributed by atoms with Gasteiger partial charge in [-0.2, -0.15) is 4.31 Å². The molecule has 1 saturated heterocycles. The van der Waals surface area contributed by atoms with Crippen LogP contribution in [0.3, 0.4) is 0 Å². The number of rotatable bonds is 5. The third-order valence-corrected chi connectivity index (χ3v) is 7.18. The van der Waals surface area contributed by atoms with Gasteiger partial charge in [0.2, 0.25) is 10.0 Å². The van der Waals surface area contributed by atoms with E-state index in [4.69, 9.17) is 0 Å². The third kappa shape index (κ3) is 4.45. The van der Waals surface area contributed by atoms with Crippen molar-refractivity contribution in [2.45, 2.75) is 36.4 Å². The van der Waals surface area contributed by atoms with Gasteiger partial charge in [-0.05, 0) is 49.6 Å². The van der Waals surface area contributed by atoms with Crippen LogP contribution in [0, 0.1) is 0 Å². The zero-order chi connectivity index (χ0) is 21.3. The van der Waals surface area contributed by atoms with Crippen molar-refractivity contribution in [3.8, 4) is 5.75 Å². The molecule has 0 radical (unpaired) electrons. The summed E-state index contributed by atoms with van der Waals surface area (Å²) in [7, 11) is -3.90. The van der Waals surface area contributed by atoms with Crippen LogP contribution in [0.5, 0.6) is 5.75 Å². The fraction of sp³-hybridized carbons (Fsp3) is 0.350. The maximum Gasteiger partial charge on any atom is 0.573 e. The molecule has 1 heterocycles. The first-order valence-corrected chi connectivity index (χ1v) is 10.4.